The summed E-state index contributed by atoms with van der Waals surface area (Å²) in [7, 11) is 0. The smallest absolute Gasteiger partial charge is 0.225 e. The topological polar surface area (TPSA) is 43.8 Å². The van der Waals surface area contributed by atoms with Crippen molar-refractivity contribution >= 4 is 5.91 Å². The number of hydrogen-bond acceptors (Lipinski definition) is 3. The van der Waals surface area contributed by atoms with Gasteiger partial charge in [-0.15, -0.1) is 0 Å². The van der Waals surface area contributed by atoms with Crippen LogP contribution >= 0.6 is 0 Å². The Morgan fingerprint density at radius 2 is 1.52 bits per heavy atom. The van der Waals surface area contributed by atoms with Crippen LogP contribution in [0.25, 0.3) is 0 Å². The number of hydrogen-bond donors (Lipinski definition) is 1. The van der Waals surface area contributed by atoms with E-state index in [1.807, 2.05) is 0 Å². The molecule has 1 amide bonds. The zero-order valence-corrected chi connectivity index (χ0v) is 16.5. The highest BCUT2D eigenvalue weighted by Gasteiger charge is 2.35. The first-order valence-electron chi connectivity index (χ1n) is 10.5. The Labute approximate surface area is 153 Å². The molecule has 2 saturated heterocycles. The molecule has 1 atom stereocenters. The molecule has 2 heterocycles. The quantitative estimate of drug-likeness (QED) is 0.850. The maximum atomic E-state index is 12.7. The zero-order valence-electron chi connectivity index (χ0n) is 16.5. The number of aliphatic hydroxyl groups excluding tert-OH is 1. The van der Waals surface area contributed by atoms with Crippen molar-refractivity contribution in [2.75, 3.05) is 32.7 Å². The molecule has 1 unspecified atom stereocenters. The lowest BCUT2D eigenvalue weighted by Crippen LogP contribution is -2.44. The van der Waals surface area contributed by atoms with Crippen LogP contribution in [0.4, 0.5) is 0 Å². The second-order valence-electron chi connectivity index (χ2n) is 10.0. The molecule has 2 aliphatic heterocycles. The fourth-order valence-electron chi connectivity index (χ4n) is 5.23. The highest BCUT2D eigenvalue weighted by molar-refractivity contribution is 5.79. The average Bonchev–Trinajstić information content (AvgIpc) is 3.01. The molecule has 4 nitrogen and oxygen atoms in total. The van der Waals surface area contributed by atoms with Gasteiger partial charge in [0.05, 0.1) is 6.10 Å². The molecule has 1 aliphatic carbocycles. The Kier molecular flexibility index (Phi) is 6.10. The van der Waals surface area contributed by atoms with Gasteiger partial charge in [0, 0.05) is 32.1 Å². The number of likely N-dealkylation sites (tertiary alicyclic amines) is 2. The Morgan fingerprint density at radius 3 is 2.12 bits per heavy atom. The van der Waals surface area contributed by atoms with Gasteiger partial charge in [-0.2, -0.15) is 0 Å². The van der Waals surface area contributed by atoms with E-state index in [9.17, 15) is 9.90 Å². The van der Waals surface area contributed by atoms with E-state index in [0.29, 0.717) is 11.3 Å². The molecule has 0 aromatic rings. The van der Waals surface area contributed by atoms with Crippen molar-refractivity contribution in [3.8, 4) is 0 Å². The van der Waals surface area contributed by atoms with Crippen LogP contribution in [-0.4, -0.2) is 59.6 Å². The van der Waals surface area contributed by atoms with E-state index in [-0.39, 0.29) is 12.0 Å². The average molecular weight is 351 g/mol. The highest BCUT2D eigenvalue weighted by atomic mass is 16.3. The minimum atomic E-state index is -0.173. The SMILES string of the molecule is CC(C)(C)CN1CCC(C2CCN(C(=O)C3CCC(O)CC3)CC2)C1. The molecule has 0 aromatic carbocycles. The first kappa shape index (κ1) is 19.2. The Morgan fingerprint density at radius 1 is 0.920 bits per heavy atom. The van der Waals surface area contributed by atoms with Gasteiger partial charge in [-0.1, -0.05) is 20.8 Å². The summed E-state index contributed by atoms with van der Waals surface area (Å²) in [6, 6.07) is 0. The maximum Gasteiger partial charge on any atom is 0.225 e. The van der Waals surface area contributed by atoms with Crippen molar-refractivity contribution in [2.45, 2.75) is 71.8 Å². The first-order valence-corrected chi connectivity index (χ1v) is 10.5. The number of carbonyl (C=O) groups excluding carboxylic acids is 1. The van der Waals surface area contributed by atoms with Crippen LogP contribution in [-0.2, 0) is 4.79 Å². The van der Waals surface area contributed by atoms with Crippen LogP contribution in [0.1, 0.15) is 65.7 Å². The minimum absolute atomic E-state index is 0.173. The first-order chi connectivity index (χ1) is 11.8. The number of aliphatic hydroxyl groups is 1. The molecule has 0 aromatic heterocycles. The molecule has 0 spiro atoms. The van der Waals surface area contributed by atoms with E-state index in [1.165, 1.54) is 38.9 Å². The molecule has 144 valence electrons. The summed E-state index contributed by atoms with van der Waals surface area (Å²) in [6.45, 7) is 12.6. The lowest BCUT2D eigenvalue weighted by Gasteiger charge is -2.37. The van der Waals surface area contributed by atoms with Crippen LogP contribution in [0.15, 0.2) is 0 Å². The molecule has 4 heteroatoms. The summed E-state index contributed by atoms with van der Waals surface area (Å²) in [5.74, 6) is 2.19. The predicted octanol–water partition coefficient (Wildman–Crippen LogP) is 3.14. The summed E-state index contributed by atoms with van der Waals surface area (Å²) in [5, 5.41) is 9.64. The van der Waals surface area contributed by atoms with E-state index in [4.69, 9.17) is 0 Å². The van der Waals surface area contributed by atoms with Crippen molar-refractivity contribution in [1.82, 2.24) is 9.80 Å². The van der Waals surface area contributed by atoms with E-state index in [1.54, 1.807) is 0 Å². The molecule has 3 fully saturated rings. The summed E-state index contributed by atoms with van der Waals surface area (Å²) in [6.07, 6.45) is 6.92. The molecule has 0 radical (unpaired) electrons. The van der Waals surface area contributed by atoms with Crippen LogP contribution in [0.3, 0.4) is 0 Å². The lowest BCUT2D eigenvalue weighted by molar-refractivity contribution is -0.138. The van der Waals surface area contributed by atoms with Crippen molar-refractivity contribution < 1.29 is 9.90 Å². The number of amides is 1. The van der Waals surface area contributed by atoms with Gasteiger partial charge < -0.3 is 14.9 Å². The third-order valence-corrected chi connectivity index (χ3v) is 6.57. The molecule has 1 N–H and O–H groups in total. The van der Waals surface area contributed by atoms with Crippen LogP contribution in [0, 0.1) is 23.2 Å². The molecule has 1 saturated carbocycles. The molecular weight excluding hydrogens is 312 g/mol. The monoisotopic (exact) mass is 350 g/mol. The Bertz CT molecular complexity index is 443. The van der Waals surface area contributed by atoms with Gasteiger partial charge in [-0.25, -0.2) is 0 Å². The second-order valence-corrected chi connectivity index (χ2v) is 10.0. The number of piperidine rings is 1. The van der Waals surface area contributed by atoms with Gasteiger partial charge in [0.15, 0.2) is 0 Å². The lowest BCUT2D eigenvalue weighted by atomic mass is 9.82. The molecule has 25 heavy (non-hydrogen) atoms. The van der Waals surface area contributed by atoms with Gasteiger partial charge in [0.2, 0.25) is 5.91 Å². The van der Waals surface area contributed by atoms with E-state index in [2.05, 4.69) is 30.6 Å². The van der Waals surface area contributed by atoms with E-state index >= 15 is 0 Å². The standard InChI is InChI=1S/C21H38N2O2/c1-21(2,3)15-22-11-8-18(14-22)16-9-12-23(13-10-16)20(25)17-4-6-19(24)7-5-17/h16-19,24H,4-15H2,1-3H3. The highest BCUT2D eigenvalue weighted by Crippen LogP contribution is 2.34. The number of rotatable bonds is 3. The Hall–Kier alpha value is -0.610. The van der Waals surface area contributed by atoms with Crippen molar-refractivity contribution in [1.29, 1.82) is 0 Å². The van der Waals surface area contributed by atoms with Crippen molar-refractivity contribution in [2.24, 2.45) is 23.2 Å². The fourth-order valence-corrected chi connectivity index (χ4v) is 5.23. The zero-order chi connectivity index (χ0) is 18.0. The number of carbonyl (C=O) groups is 1. The van der Waals surface area contributed by atoms with Crippen LogP contribution in [0.5, 0.6) is 0 Å². The van der Waals surface area contributed by atoms with Gasteiger partial charge in [0.25, 0.3) is 0 Å². The number of nitrogens with zero attached hydrogens (tertiary/aromatic N) is 2. The summed E-state index contributed by atoms with van der Waals surface area (Å²) < 4.78 is 0. The molecule has 0 bridgehead atoms. The van der Waals surface area contributed by atoms with E-state index < -0.39 is 0 Å². The molecule has 3 aliphatic rings. The van der Waals surface area contributed by atoms with Gasteiger partial charge in [0.1, 0.15) is 0 Å². The normalized spacial score (nSPS) is 33.0. The predicted molar refractivity (Wildman–Crippen MR) is 101 cm³/mol. The van der Waals surface area contributed by atoms with Gasteiger partial charge in [-0.3, -0.25) is 4.79 Å². The van der Waals surface area contributed by atoms with Crippen LogP contribution in [0.2, 0.25) is 0 Å². The van der Waals surface area contributed by atoms with Crippen molar-refractivity contribution in [3.05, 3.63) is 0 Å². The maximum absolute atomic E-state index is 12.7. The van der Waals surface area contributed by atoms with Gasteiger partial charge >= 0.3 is 0 Å². The summed E-state index contributed by atoms with van der Waals surface area (Å²) in [5.41, 5.74) is 0.387. The largest absolute Gasteiger partial charge is 0.393 e. The minimum Gasteiger partial charge on any atom is -0.393 e. The summed E-state index contributed by atoms with van der Waals surface area (Å²) in [4.78, 5) is 17.5. The van der Waals surface area contributed by atoms with Crippen LogP contribution < -0.4 is 0 Å². The molecular formula is C21H38N2O2. The third kappa shape index (κ3) is 5.19. The van der Waals surface area contributed by atoms with Gasteiger partial charge in [-0.05, 0) is 68.7 Å². The third-order valence-electron chi connectivity index (χ3n) is 6.57. The molecule has 3 rings (SSSR count). The fraction of sp³-hybridized carbons (Fsp3) is 0.952. The Balaban J connectivity index is 1.42. The van der Waals surface area contributed by atoms with E-state index in [0.717, 1.165) is 50.6 Å². The van der Waals surface area contributed by atoms with Crippen molar-refractivity contribution in [3.63, 3.8) is 0 Å². The second kappa shape index (κ2) is 7.96. The summed E-state index contributed by atoms with van der Waals surface area (Å²) >= 11 is 0.